The fraction of sp³-hybridized carbons (Fsp3) is 0.643. The van der Waals surface area contributed by atoms with Crippen LogP contribution in [-0.2, 0) is 17.6 Å². The predicted molar refractivity (Wildman–Crippen MR) is 80.8 cm³/mol. The number of hydrogen-bond acceptors (Lipinski definition) is 5. The zero-order valence-electron chi connectivity index (χ0n) is 12.5. The van der Waals surface area contributed by atoms with E-state index >= 15 is 0 Å². The van der Waals surface area contributed by atoms with Crippen LogP contribution in [0.3, 0.4) is 0 Å². The maximum Gasteiger partial charge on any atom is 0.347 e. The largest absolute Gasteiger partial charge is 0.477 e. The number of carbonyl (C=O) groups is 2. The molecule has 1 aliphatic rings. The number of nitrogens with zero attached hydrogens (tertiary/aromatic N) is 3. The molecule has 0 aromatic carbocycles. The number of rotatable bonds is 5. The lowest BCUT2D eigenvalue weighted by molar-refractivity contribution is -0.130. The first-order valence-corrected chi connectivity index (χ1v) is 8.02. The molecule has 0 saturated carbocycles. The molecule has 0 bridgehead atoms. The van der Waals surface area contributed by atoms with E-state index in [9.17, 15) is 9.59 Å². The first-order chi connectivity index (χ1) is 10.0. The minimum absolute atomic E-state index is 0.133. The molecule has 2 heterocycles. The van der Waals surface area contributed by atoms with E-state index in [0.29, 0.717) is 17.0 Å². The molecule has 0 aliphatic carbocycles. The second-order valence-electron chi connectivity index (χ2n) is 5.14. The molecule has 7 heteroatoms. The average Bonchev–Trinajstić information content (AvgIpc) is 2.89. The Morgan fingerprint density at radius 2 is 1.95 bits per heavy atom. The van der Waals surface area contributed by atoms with Crippen LogP contribution in [-0.4, -0.2) is 64.5 Å². The van der Waals surface area contributed by atoms with Crippen molar-refractivity contribution >= 4 is 23.2 Å². The van der Waals surface area contributed by atoms with Gasteiger partial charge in [-0.05, 0) is 6.42 Å². The van der Waals surface area contributed by atoms with Crippen LogP contribution in [0.15, 0.2) is 0 Å². The minimum Gasteiger partial charge on any atom is -0.477 e. The van der Waals surface area contributed by atoms with E-state index in [1.807, 2.05) is 11.8 Å². The number of aryl methyl sites for hydroxylation is 1. The van der Waals surface area contributed by atoms with Gasteiger partial charge in [-0.3, -0.25) is 9.69 Å². The third-order valence-electron chi connectivity index (χ3n) is 3.73. The molecule has 6 nitrogen and oxygen atoms in total. The van der Waals surface area contributed by atoms with Crippen molar-refractivity contribution in [2.24, 2.45) is 0 Å². The first kappa shape index (κ1) is 15.9. The fourth-order valence-electron chi connectivity index (χ4n) is 2.45. The van der Waals surface area contributed by atoms with E-state index in [4.69, 9.17) is 5.11 Å². The Morgan fingerprint density at radius 3 is 2.43 bits per heavy atom. The number of carboxylic acid groups (broad SMARTS) is 1. The maximum absolute atomic E-state index is 11.3. The molecule has 1 amide bonds. The van der Waals surface area contributed by atoms with Gasteiger partial charge in [0, 0.05) is 46.1 Å². The van der Waals surface area contributed by atoms with Crippen molar-refractivity contribution in [1.29, 1.82) is 0 Å². The summed E-state index contributed by atoms with van der Waals surface area (Å²) in [5.74, 6) is -0.751. The van der Waals surface area contributed by atoms with Gasteiger partial charge in [0.25, 0.3) is 0 Å². The highest BCUT2D eigenvalue weighted by Gasteiger charge is 2.20. The Morgan fingerprint density at radius 1 is 1.29 bits per heavy atom. The summed E-state index contributed by atoms with van der Waals surface area (Å²) in [5, 5.41) is 10.0. The summed E-state index contributed by atoms with van der Waals surface area (Å²) in [6.07, 6.45) is 1.42. The molecule has 116 valence electrons. The molecular weight excluding hydrogens is 290 g/mol. The third-order valence-corrected chi connectivity index (χ3v) is 4.88. The van der Waals surface area contributed by atoms with Gasteiger partial charge in [-0.2, -0.15) is 0 Å². The van der Waals surface area contributed by atoms with Gasteiger partial charge in [-0.25, -0.2) is 9.78 Å². The second-order valence-corrected chi connectivity index (χ2v) is 6.22. The Hall–Kier alpha value is -1.47. The lowest BCUT2D eigenvalue weighted by Gasteiger charge is -2.33. The van der Waals surface area contributed by atoms with Gasteiger partial charge in [0.2, 0.25) is 5.91 Å². The molecule has 1 aromatic heterocycles. The molecular formula is C14H21N3O3S. The number of carboxylic acids is 1. The third kappa shape index (κ3) is 4.01. The average molecular weight is 311 g/mol. The van der Waals surface area contributed by atoms with E-state index in [2.05, 4.69) is 9.88 Å². The highest BCUT2D eigenvalue weighted by atomic mass is 32.1. The number of piperazine rings is 1. The van der Waals surface area contributed by atoms with Gasteiger partial charge in [-0.1, -0.05) is 6.92 Å². The minimum atomic E-state index is -0.884. The number of aromatic nitrogens is 1. The molecule has 0 radical (unpaired) electrons. The predicted octanol–water partition coefficient (Wildman–Crippen LogP) is 1.11. The van der Waals surface area contributed by atoms with Gasteiger partial charge >= 0.3 is 5.97 Å². The Kier molecular flexibility index (Phi) is 5.30. The molecule has 1 aromatic rings. The smallest absolute Gasteiger partial charge is 0.347 e. The molecule has 1 fully saturated rings. The first-order valence-electron chi connectivity index (χ1n) is 7.21. The topological polar surface area (TPSA) is 73.7 Å². The lowest BCUT2D eigenvalue weighted by atomic mass is 10.3. The Labute approximate surface area is 128 Å². The quantitative estimate of drug-likeness (QED) is 0.882. The van der Waals surface area contributed by atoms with E-state index in [1.165, 1.54) is 11.3 Å². The standard InChI is InChI=1S/C14H21N3O3S/c1-3-11-13(14(19)20)21-12(15-11)4-5-16-6-8-17(9-7-16)10(2)18/h3-9H2,1-2H3,(H,19,20). The summed E-state index contributed by atoms with van der Waals surface area (Å²) in [7, 11) is 0. The summed E-state index contributed by atoms with van der Waals surface area (Å²) >= 11 is 1.28. The van der Waals surface area contributed by atoms with Gasteiger partial charge in [0.15, 0.2) is 0 Å². The Balaban J connectivity index is 1.87. The van der Waals surface area contributed by atoms with Crippen LogP contribution in [0.5, 0.6) is 0 Å². The van der Waals surface area contributed by atoms with Crippen molar-refractivity contribution < 1.29 is 14.7 Å². The van der Waals surface area contributed by atoms with E-state index in [0.717, 1.165) is 44.2 Å². The molecule has 1 saturated heterocycles. The van der Waals surface area contributed by atoms with Crippen LogP contribution >= 0.6 is 11.3 Å². The van der Waals surface area contributed by atoms with Gasteiger partial charge in [-0.15, -0.1) is 11.3 Å². The highest BCUT2D eigenvalue weighted by molar-refractivity contribution is 7.13. The van der Waals surface area contributed by atoms with E-state index < -0.39 is 5.97 Å². The summed E-state index contributed by atoms with van der Waals surface area (Å²) in [4.78, 5) is 31.3. The van der Waals surface area contributed by atoms with Gasteiger partial charge in [0.1, 0.15) is 4.88 Å². The molecule has 0 unspecified atom stereocenters. The number of amides is 1. The van der Waals surface area contributed by atoms with Crippen LogP contribution in [0, 0.1) is 0 Å². The number of aromatic carboxylic acids is 1. The van der Waals surface area contributed by atoms with Crippen molar-refractivity contribution in [2.75, 3.05) is 32.7 Å². The van der Waals surface area contributed by atoms with Crippen molar-refractivity contribution in [1.82, 2.24) is 14.8 Å². The zero-order chi connectivity index (χ0) is 15.4. The normalized spacial score (nSPS) is 16.2. The fourth-order valence-corrected chi connectivity index (χ4v) is 3.43. The van der Waals surface area contributed by atoms with Crippen molar-refractivity contribution in [3.63, 3.8) is 0 Å². The van der Waals surface area contributed by atoms with E-state index in [-0.39, 0.29) is 5.91 Å². The summed E-state index contributed by atoms with van der Waals surface area (Å²) in [6, 6.07) is 0. The van der Waals surface area contributed by atoms with Crippen LogP contribution in [0.4, 0.5) is 0 Å². The monoisotopic (exact) mass is 311 g/mol. The molecule has 1 aliphatic heterocycles. The van der Waals surface area contributed by atoms with Gasteiger partial charge in [0.05, 0.1) is 10.7 Å². The maximum atomic E-state index is 11.3. The molecule has 0 spiro atoms. The summed E-state index contributed by atoms with van der Waals surface area (Å²) in [5.41, 5.74) is 0.684. The van der Waals surface area contributed by atoms with Crippen LogP contribution < -0.4 is 0 Å². The molecule has 0 atom stereocenters. The molecule has 21 heavy (non-hydrogen) atoms. The number of thiazole rings is 1. The van der Waals surface area contributed by atoms with Crippen molar-refractivity contribution in [3.05, 3.63) is 15.6 Å². The van der Waals surface area contributed by atoms with Crippen LogP contribution in [0.2, 0.25) is 0 Å². The van der Waals surface area contributed by atoms with E-state index in [1.54, 1.807) is 6.92 Å². The molecule has 1 N–H and O–H groups in total. The van der Waals surface area contributed by atoms with Gasteiger partial charge < -0.3 is 10.0 Å². The second kappa shape index (κ2) is 7.00. The Bertz CT molecular complexity index is 522. The number of hydrogen-bond donors (Lipinski definition) is 1. The summed E-state index contributed by atoms with van der Waals surface area (Å²) < 4.78 is 0. The summed E-state index contributed by atoms with van der Waals surface area (Å²) in [6.45, 7) is 7.68. The zero-order valence-corrected chi connectivity index (χ0v) is 13.3. The van der Waals surface area contributed by atoms with Crippen molar-refractivity contribution in [2.45, 2.75) is 26.7 Å². The van der Waals surface area contributed by atoms with Crippen molar-refractivity contribution in [3.8, 4) is 0 Å². The lowest BCUT2D eigenvalue weighted by Crippen LogP contribution is -2.48. The van der Waals surface area contributed by atoms with Crippen LogP contribution in [0.1, 0.15) is 34.2 Å². The SMILES string of the molecule is CCc1nc(CCN2CCN(C(C)=O)CC2)sc1C(=O)O. The molecule has 2 rings (SSSR count). The van der Waals surface area contributed by atoms with Crippen LogP contribution in [0.25, 0.3) is 0 Å². The number of carbonyl (C=O) groups excluding carboxylic acids is 1. The highest BCUT2D eigenvalue weighted by Crippen LogP contribution is 2.20.